The number of hydrogen-bond acceptors (Lipinski definition) is 7. The van der Waals surface area contributed by atoms with E-state index >= 15 is 0 Å². The summed E-state index contributed by atoms with van der Waals surface area (Å²) in [5, 5.41) is 3.47. The number of nitrogens with one attached hydrogen (secondary N) is 1. The average Bonchev–Trinajstić information content (AvgIpc) is 3.15. The molecular weight excluding hydrogens is 388 g/mol. The minimum Gasteiger partial charge on any atom is -0.451 e. The van der Waals surface area contributed by atoms with Crippen LogP contribution in [0.15, 0.2) is 48.8 Å². The number of carbonyl (C=O) groups excluding carboxylic acids is 2. The van der Waals surface area contributed by atoms with E-state index in [1.165, 1.54) is 0 Å². The van der Waals surface area contributed by atoms with E-state index in [-0.39, 0.29) is 18.6 Å². The van der Waals surface area contributed by atoms with E-state index in [2.05, 4.69) is 27.2 Å². The van der Waals surface area contributed by atoms with Gasteiger partial charge in [-0.2, -0.15) is 0 Å². The van der Waals surface area contributed by atoms with Crippen molar-refractivity contribution in [1.82, 2.24) is 20.3 Å². The van der Waals surface area contributed by atoms with Crippen molar-refractivity contribution in [1.29, 1.82) is 0 Å². The van der Waals surface area contributed by atoms with Crippen molar-refractivity contribution in [2.24, 2.45) is 0 Å². The molecule has 3 aromatic rings. The van der Waals surface area contributed by atoms with Crippen molar-refractivity contribution in [3.05, 3.63) is 64.9 Å². The molecule has 1 N–H and O–H groups in total. The van der Waals surface area contributed by atoms with Gasteiger partial charge in [-0.3, -0.25) is 4.79 Å². The number of amides is 1. The van der Waals surface area contributed by atoms with Crippen molar-refractivity contribution >= 4 is 23.2 Å². The molecule has 0 saturated heterocycles. The molecule has 1 unspecified atom stereocenters. The summed E-state index contributed by atoms with van der Waals surface area (Å²) in [5.74, 6) is -0.471. The number of carbonyl (C=O) groups is 2. The third-order valence-corrected chi connectivity index (χ3v) is 5.32. The second-order valence-corrected chi connectivity index (χ2v) is 7.40. The Bertz CT molecular complexity index is 961. The molecule has 1 aromatic carbocycles. The number of aryl methyl sites for hydroxylation is 1. The van der Waals surface area contributed by atoms with Crippen LogP contribution >= 0.6 is 11.3 Å². The summed E-state index contributed by atoms with van der Waals surface area (Å²) < 4.78 is 5.21. The first-order valence-corrected chi connectivity index (χ1v) is 10.2. The Hall–Kier alpha value is -3.13. The first-order valence-electron chi connectivity index (χ1n) is 9.34. The van der Waals surface area contributed by atoms with E-state index in [1.54, 1.807) is 25.4 Å². The Balaban J connectivity index is 1.60. The Kier molecular flexibility index (Phi) is 7.02. The number of thiazole rings is 1. The van der Waals surface area contributed by atoms with Gasteiger partial charge in [0.05, 0.1) is 11.7 Å². The monoisotopic (exact) mass is 410 g/mol. The second-order valence-electron chi connectivity index (χ2n) is 6.40. The smallest absolute Gasteiger partial charge is 0.350 e. The van der Waals surface area contributed by atoms with Crippen LogP contribution < -0.4 is 5.32 Å². The van der Waals surface area contributed by atoms with Gasteiger partial charge in [-0.1, -0.05) is 43.7 Å². The zero-order valence-electron chi connectivity index (χ0n) is 16.3. The summed E-state index contributed by atoms with van der Waals surface area (Å²) in [4.78, 5) is 37.7. The van der Waals surface area contributed by atoms with Crippen LogP contribution in [0.1, 0.15) is 46.7 Å². The largest absolute Gasteiger partial charge is 0.451 e. The standard InChI is InChI=1S/C21H22N4O3S/c1-3-8-16(15-9-5-4-6-10-15)25-17(26)13-28-21(27)18-14(2)24-20(29-18)19-22-11-7-12-23-19/h4-7,9-12,16H,3,8,13H2,1-2H3,(H,25,26). The highest BCUT2D eigenvalue weighted by Crippen LogP contribution is 2.25. The lowest BCUT2D eigenvalue weighted by atomic mass is 10.0. The Morgan fingerprint density at radius 1 is 1.14 bits per heavy atom. The molecule has 0 aliphatic rings. The van der Waals surface area contributed by atoms with Crippen molar-refractivity contribution in [3.8, 4) is 10.8 Å². The zero-order chi connectivity index (χ0) is 20.6. The first-order chi connectivity index (χ1) is 14.1. The number of hydrogen-bond donors (Lipinski definition) is 1. The van der Waals surface area contributed by atoms with Gasteiger partial charge in [0.25, 0.3) is 5.91 Å². The Labute approximate surface area is 173 Å². The lowest BCUT2D eigenvalue weighted by Gasteiger charge is -2.18. The fourth-order valence-corrected chi connectivity index (χ4v) is 3.73. The molecule has 150 valence electrons. The van der Waals surface area contributed by atoms with Gasteiger partial charge in [0.2, 0.25) is 0 Å². The summed E-state index contributed by atoms with van der Waals surface area (Å²) in [6, 6.07) is 11.3. The van der Waals surface area contributed by atoms with Gasteiger partial charge in [0.1, 0.15) is 4.88 Å². The third kappa shape index (κ3) is 5.45. The zero-order valence-corrected chi connectivity index (χ0v) is 17.1. The highest BCUT2D eigenvalue weighted by atomic mass is 32.1. The molecule has 29 heavy (non-hydrogen) atoms. The van der Waals surface area contributed by atoms with E-state index in [0.29, 0.717) is 21.4 Å². The summed E-state index contributed by atoms with van der Waals surface area (Å²) in [6.07, 6.45) is 4.95. The summed E-state index contributed by atoms with van der Waals surface area (Å²) in [7, 11) is 0. The SMILES string of the molecule is CCCC(NC(=O)COC(=O)c1sc(-c2ncccn2)nc1C)c1ccccc1. The van der Waals surface area contributed by atoms with Crippen LogP contribution in [0.3, 0.4) is 0 Å². The van der Waals surface area contributed by atoms with Crippen molar-refractivity contribution in [2.45, 2.75) is 32.7 Å². The Morgan fingerprint density at radius 2 is 1.86 bits per heavy atom. The number of ether oxygens (including phenoxy) is 1. The van der Waals surface area contributed by atoms with Crippen molar-refractivity contribution in [2.75, 3.05) is 6.61 Å². The molecule has 2 heterocycles. The van der Waals surface area contributed by atoms with Crippen LogP contribution in [-0.2, 0) is 9.53 Å². The summed E-state index contributed by atoms with van der Waals surface area (Å²) >= 11 is 1.15. The lowest BCUT2D eigenvalue weighted by molar-refractivity contribution is -0.125. The van der Waals surface area contributed by atoms with Crippen molar-refractivity contribution < 1.29 is 14.3 Å². The predicted molar refractivity (Wildman–Crippen MR) is 110 cm³/mol. The van der Waals surface area contributed by atoms with Gasteiger partial charge in [0, 0.05) is 12.4 Å². The van der Waals surface area contributed by atoms with Crippen LogP contribution in [0.2, 0.25) is 0 Å². The number of esters is 1. The summed E-state index contributed by atoms with van der Waals surface area (Å²) in [5.41, 5.74) is 1.55. The van der Waals surface area contributed by atoms with Crippen LogP contribution in [0.5, 0.6) is 0 Å². The molecule has 0 aliphatic heterocycles. The van der Waals surface area contributed by atoms with E-state index in [1.807, 2.05) is 30.3 Å². The Morgan fingerprint density at radius 3 is 2.55 bits per heavy atom. The molecule has 1 amide bonds. The molecule has 1 atom stereocenters. The number of aromatic nitrogens is 3. The summed E-state index contributed by atoms with van der Waals surface area (Å²) in [6.45, 7) is 3.43. The minimum atomic E-state index is -0.580. The molecule has 0 fully saturated rings. The molecule has 3 rings (SSSR count). The minimum absolute atomic E-state index is 0.112. The maximum Gasteiger partial charge on any atom is 0.350 e. The van der Waals surface area contributed by atoms with E-state index in [4.69, 9.17) is 4.74 Å². The average molecular weight is 410 g/mol. The topological polar surface area (TPSA) is 94.1 Å². The molecule has 8 heteroatoms. The van der Waals surface area contributed by atoms with Gasteiger partial charge in [-0.15, -0.1) is 11.3 Å². The van der Waals surface area contributed by atoms with Crippen LogP contribution in [0, 0.1) is 6.92 Å². The molecule has 2 aromatic heterocycles. The fraction of sp³-hybridized carbons (Fsp3) is 0.286. The maximum atomic E-state index is 12.4. The number of nitrogens with zero attached hydrogens (tertiary/aromatic N) is 3. The predicted octanol–water partition coefficient (Wildman–Crippen LogP) is 3.72. The van der Waals surface area contributed by atoms with E-state index in [9.17, 15) is 9.59 Å². The van der Waals surface area contributed by atoms with Crippen LogP contribution in [-0.4, -0.2) is 33.4 Å². The number of rotatable bonds is 8. The fourth-order valence-electron chi connectivity index (χ4n) is 2.82. The number of benzene rings is 1. The first kappa shape index (κ1) is 20.6. The van der Waals surface area contributed by atoms with Gasteiger partial charge < -0.3 is 10.1 Å². The lowest BCUT2D eigenvalue weighted by Crippen LogP contribution is -2.32. The molecule has 0 spiro atoms. The van der Waals surface area contributed by atoms with Crippen LogP contribution in [0.25, 0.3) is 10.8 Å². The van der Waals surface area contributed by atoms with Crippen LogP contribution in [0.4, 0.5) is 0 Å². The van der Waals surface area contributed by atoms with E-state index < -0.39 is 5.97 Å². The third-order valence-electron chi connectivity index (χ3n) is 4.19. The molecule has 7 nitrogen and oxygen atoms in total. The highest BCUT2D eigenvalue weighted by molar-refractivity contribution is 7.16. The molecule has 0 bridgehead atoms. The van der Waals surface area contributed by atoms with Crippen molar-refractivity contribution in [3.63, 3.8) is 0 Å². The molecule has 0 radical (unpaired) electrons. The van der Waals surface area contributed by atoms with Gasteiger partial charge in [0.15, 0.2) is 17.4 Å². The van der Waals surface area contributed by atoms with Gasteiger partial charge in [-0.05, 0) is 25.0 Å². The van der Waals surface area contributed by atoms with Gasteiger partial charge >= 0.3 is 5.97 Å². The maximum absolute atomic E-state index is 12.4. The van der Waals surface area contributed by atoms with E-state index in [0.717, 1.165) is 29.7 Å². The quantitative estimate of drug-likeness (QED) is 0.569. The van der Waals surface area contributed by atoms with Gasteiger partial charge in [-0.25, -0.2) is 19.7 Å². The molecule has 0 saturated carbocycles. The second kappa shape index (κ2) is 9.88. The highest BCUT2D eigenvalue weighted by Gasteiger charge is 2.20. The molecule has 0 aliphatic carbocycles. The molecular formula is C21H22N4O3S. The normalized spacial score (nSPS) is 11.7.